The predicted octanol–water partition coefficient (Wildman–Crippen LogP) is 4.46. The number of benzene rings is 2. The number of carbonyl (C=O) groups is 2. The van der Waals surface area contributed by atoms with Gasteiger partial charge in [0.25, 0.3) is 5.56 Å². The van der Waals surface area contributed by atoms with E-state index in [0.29, 0.717) is 45.3 Å². The first-order valence-electron chi connectivity index (χ1n) is 16.6. The van der Waals surface area contributed by atoms with Crippen LogP contribution < -0.4 is 15.4 Å². The summed E-state index contributed by atoms with van der Waals surface area (Å²) in [5.41, 5.74) is 2.28. The van der Waals surface area contributed by atoms with E-state index in [1.165, 1.54) is 10.6 Å². The summed E-state index contributed by atoms with van der Waals surface area (Å²) >= 11 is 0. The smallest absolute Gasteiger partial charge is 0.326 e. The van der Waals surface area contributed by atoms with Crippen LogP contribution >= 0.6 is 0 Å². The average molecular weight is 657 g/mol. The second kappa shape index (κ2) is 18.1. The topological polar surface area (TPSA) is 112 Å². The predicted molar refractivity (Wildman–Crippen MR) is 184 cm³/mol. The number of esters is 1. The zero-order valence-electron chi connectivity index (χ0n) is 27.5. The number of ether oxygens (including phenoxy) is 4. The van der Waals surface area contributed by atoms with Crippen LogP contribution in [-0.2, 0) is 41.7 Å². The van der Waals surface area contributed by atoms with Gasteiger partial charge in [-0.25, -0.2) is 0 Å². The molecule has 1 saturated heterocycles. The van der Waals surface area contributed by atoms with E-state index in [4.69, 9.17) is 18.9 Å². The molecule has 11 nitrogen and oxygen atoms in total. The minimum absolute atomic E-state index is 0.0651. The number of aromatic nitrogens is 2. The summed E-state index contributed by atoms with van der Waals surface area (Å²) in [5.74, 6) is -0.873. The summed E-state index contributed by atoms with van der Waals surface area (Å²) in [6.45, 7) is 5.79. The highest BCUT2D eigenvalue weighted by Crippen LogP contribution is 2.30. The minimum Gasteiger partial charge on any atom is -0.465 e. The Hall–Kier alpha value is -4.58. The van der Waals surface area contributed by atoms with Crippen LogP contribution in [0.15, 0.2) is 90.1 Å². The molecule has 2 aromatic carbocycles. The Balaban J connectivity index is 1.20. The lowest BCUT2D eigenvalue weighted by atomic mass is 9.95. The molecule has 48 heavy (non-hydrogen) atoms. The molecule has 0 N–H and O–H groups in total. The van der Waals surface area contributed by atoms with Crippen molar-refractivity contribution < 1.29 is 28.5 Å². The maximum absolute atomic E-state index is 14.2. The molecule has 3 heterocycles. The number of carbonyl (C=O) groups excluding carboxylic acids is 2. The Kier molecular flexibility index (Phi) is 13.1. The van der Waals surface area contributed by atoms with Crippen LogP contribution in [0.1, 0.15) is 25.3 Å². The first kappa shape index (κ1) is 34.7. The largest absolute Gasteiger partial charge is 0.465 e. The number of pyridine rings is 2. The van der Waals surface area contributed by atoms with Crippen molar-refractivity contribution in [3.63, 3.8) is 0 Å². The Bertz CT molecular complexity index is 1670. The molecule has 254 valence electrons. The van der Waals surface area contributed by atoms with E-state index in [9.17, 15) is 14.4 Å². The lowest BCUT2D eigenvalue weighted by Gasteiger charge is -2.36. The highest BCUT2D eigenvalue weighted by Gasteiger charge is 2.31. The van der Waals surface area contributed by atoms with Crippen molar-refractivity contribution >= 4 is 34.0 Å². The van der Waals surface area contributed by atoms with Gasteiger partial charge in [0, 0.05) is 48.9 Å². The van der Waals surface area contributed by atoms with Crippen LogP contribution in [0, 0.1) is 5.92 Å². The number of hydrogen-bond acceptors (Lipinski definition) is 9. The van der Waals surface area contributed by atoms with Gasteiger partial charge in [0.2, 0.25) is 5.91 Å². The third-order valence-electron chi connectivity index (χ3n) is 8.22. The van der Waals surface area contributed by atoms with Crippen LogP contribution in [-0.4, -0.2) is 80.7 Å². The minimum atomic E-state index is -0.518. The van der Waals surface area contributed by atoms with Crippen molar-refractivity contribution in [3.8, 4) is 0 Å². The summed E-state index contributed by atoms with van der Waals surface area (Å²) in [6.07, 6.45) is 6.84. The Morgan fingerprint density at radius 1 is 0.896 bits per heavy atom. The van der Waals surface area contributed by atoms with E-state index in [0.717, 1.165) is 41.4 Å². The van der Waals surface area contributed by atoms with Crippen LogP contribution in [0.2, 0.25) is 0 Å². The van der Waals surface area contributed by atoms with E-state index in [1.807, 2.05) is 60.9 Å². The molecular formula is C37H44N4O7. The molecule has 0 unspecified atom stereocenters. The third-order valence-corrected chi connectivity index (χ3v) is 8.22. The molecule has 5 rings (SSSR count). The van der Waals surface area contributed by atoms with Gasteiger partial charge in [0.15, 0.2) is 0 Å². The fraction of sp³-hybridized carbons (Fsp3) is 0.405. The molecule has 0 spiro atoms. The molecule has 1 aliphatic rings. The fourth-order valence-corrected chi connectivity index (χ4v) is 5.84. The van der Waals surface area contributed by atoms with Gasteiger partial charge in [-0.05, 0) is 31.4 Å². The Labute approximate surface area is 281 Å². The summed E-state index contributed by atoms with van der Waals surface area (Å²) in [4.78, 5) is 47.4. The quantitative estimate of drug-likeness (QED) is 0.120. The van der Waals surface area contributed by atoms with E-state index < -0.39 is 5.97 Å². The molecule has 4 aromatic rings. The SMILES string of the molecule is CCOC(=O)Cn1cc(N(CCOCCOCCOCc2ccccc2)C(=O)[C@H]2CCCN(c3cncc4ccccc34)C2)ccc1=O. The Morgan fingerprint density at radius 3 is 2.46 bits per heavy atom. The Morgan fingerprint density at radius 2 is 1.65 bits per heavy atom. The summed E-state index contributed by atoms with van der Waals surface area (Å²) < 4.78 is 23.5. The first-order chi connectivity index (χ1) is 23.5. The van der Waals surface area contributed by atoms with Crippen LogP contribution in [0.25, 0.3) is 10.8 Å². The lowest BCUT2D eigenvalue weighted by molar-refractivity contribution is -0.143. The van der Waals surface area contributed by atoms with E-state index in [-0.39, 0.29) is 43.7 Å². The van der Waals surface area contributed by atoms with Gasteiger partial charge < -0.3 is 33.3 Å². The molecule has 2 aromatic heterocycles. The highest BCUT2D eigenvalue weighted by molar-refractivity contribution is 5.96. The highest BCUT2D eigenvalue weighted by atomic mass is 16.5. The van der Waals surface area contributed by atoms with E-state index >= 15 is 0 Å². The first-order valence-corrected chi connectivity index (χ1v) is 16.6. The summed E-state index contributed by atoms with van der Waals surface area (Å²) in [6, 6.07) is 21.1. The molecule has 1 fully saturated rings. The van der Waals surface area contributed by atoms with E-state index in [1.54, 1.807) is 24.1 Å². The third kappa shape index (κ3) is 9.72. The standard InChI is InChI=1S/C37H44N4O7/c1-2-48-36(43)27-40-26-32(14-15-35(40)42)41(17-18-45-19-20-46-21-22-47-28-29-9-4-3-5-10-29)37(44)31-12-8-16-39(25-31)34-24-38-23-30-11-6-7-13-33(30)34/h3-7,9-11,13-15,23-24,26,31H,2,8,12,16-22,25,27-28H2,1H3/t31-/m0/s1. The molecule has 0 radical (unpaired) electrons. The van der Waals surface area contributed by atoms with Crippen LogP contribution in [0.5, 0.6) is 0 Å². The monoisotopic (exact) mass is 656 g/mol. The number of rotatable bonds is 17. The molecule has 0 saturated carbocycles. The van der Waals surface area contributed by atoms with Gasteiger partial charge in [-0.3, -0.25) is 19.4 Å². The van der Waals surface area contributed by atoms with Crippen molar-refractivity contribution in [1.29, 1.82) is 0 Å². The number of anilines is 2. The fourth-order valence-electron chi connectivity index (χ4n) is 5.84. The average Bonchev–Trinajstić information content (AvgIpc) is 3.12. The van der Waals surface area contributed by atoms with Crippen molar-refractivity contribution in [2.45, 2.75) is 32.9 Å². The maximum Gasteiger partial charge on any atom is 0.326 e. The molecule has 1 amide bonds. The number of hydrogen-bond donors (Lipinski definition) is 0. The van der Waals surface area contributed by atoms with E-state index in [2.05, 4.69) is 16.0 Å². The normalized spacial score (nSPS) is 14.6. The molecule has 0 aliphatic carbocycles. The van der Waals surface area contributed by atoms with Gasteiger partial charge in [-0.15, -0.1) is 0 Å². The lowest BCUT2D eigenvalue weighted by Crippen LogP contribution is -2.46. The van der Waals surface area contributed by atoms with Crippen molar-refractivity contribution in [2.75, 3.05) is 69.1 Å². The van der Waals surface area contributed by atoms with Gasteiger partial charge in [0.05, 0.1) is 69.7 Å². The zero-order chi connectivity index (χ0) is 33.6. The van der Waals surface area contributed by atoms with Crippen molar-refractivity contribution in [1.82, 2.24) is 9.55 Å². The van der Waals surface area contributed by atoms with Gasteiger partial charge >= 0.3 is 5.97 Å². The summed E-state index contributed by atoms with van der Waals surface area (Å²) in [5, 5.41) is 2.15. The maximum atomic E-state index is 14.2. The molecule has 1 aliphatic heterocycles. The molecule has 0 bridgehead atoms. The zero-order valence-corrected chi connectivity index (χ0v) is 27.5. The van der Waals surface area contributed by atoms with Crippen LogP contribution in [0.3, 0.4) is 0 Å². The van der Waals surface area contributed by atoms with Gasteiger partial charge in [-0.2, -0.15) is 0 Å². The summed E-state index contributed by atoms with van der Waals surface area (Å²) in [7, 11) is 0. The molecule has 11 heteroatoms. The number of piperidine rings is 1. The number of nitrogens with zero attached hydrogens (tertiary/aromatic N) is 4. The second-order valence-electron chi connectivity index (χ2n) is 11.6. The molecular weight excluding hydrogens is 612 g/mol. The number of fused-ring (bicyclic) bond motifs is 1. The number of amides is 1. The van der Waals surface area contributed by atoms with Gasteiger partial charge in [-0.1, -0.05) is 54.6 Å². The van der Waals surface area contributed by atoms with Crippen molar-refractivity contribution in [2.24, 2.45) is 5.92 Å². The van der Waals surface area contributed by atoms with Crippen LogP contribution in [0.4, 0.5) is 11.4 Å². The van der Waals surface area contributed by atoms with Crippen molar-refractivity contribution in [3.05, 3.63) is 101 Å². The molecule has 1 atom stereocenters. The second-order valence-corrected chi connectivity index (χ2v) is 11.6. The van der Waals surface area contributed by atoms with Gasteiger partial charge in [0.1, 0.15) is 6.54 Å².